The Kier molecular flexibility index (Phi) is 12.1. The molecular weight excluding hydrogens is 797 g/mol. The largest absolute Gasteiger partial charge is 0.422 e. The van der Waals surface area contributed by atoms with Crippen LogP contribution in [0.2, 0.25) is 0 Å². The number of hydrogen-bond donors (Lipinski definition) is 1. The maximum Gasteiger partial charge on any atom is 0.308 e. The van der Waals surface area contributed by atoms with Crippen molar-refractivity contribution < 1.29 is 55.1 Å². The molecule has 0 spiro atoms. The highest BCUT2D eigenvalue weighted by molar-refractivity contribution is 7.89. The van der Waals surface area contributed by atoms with E-state index in [1.165, 1.54) is 41.3 Å². The van der Waals surface area contributed by atoms with Gasteiger partial charge in [0.05, 0.1) is 15.4 Å². The lowest BCUT2D eigenvalue weighted by molar-refractivity contribution is -0.384. The number of carbonyl (C=O) groups is 4. The van der Waals surface area contributed by atoms with E-state index >= 15 is 0 Å². The predicted molar refractivity (Wildman–Crippen MR) is 205 cm³/mol. The molecule has 0 unspecified atom stereocenters. The summed E-state index contributed by atoms with van der Waals surface area (Å²) in [5.74, 6) is -6.03. The summed E-state index contributed by atoms with van der Waals surface area (Å²) < 4.78 is 75.4. The lowest BCUT2D eigenvalue weighted by Crippen LogP contribution is -2.38. The van der Waals surface area contributed by atoms with E-state index in [-0.39, 0.29) is 56.1 Å². The molecule has 304 valence electrons. The van der Waals surface area contributed by atoms with Crippen molar-refractivity contribution in [2.75, 3.05) is 19.6 Å². The maximum absolute atomic E-state index is 14.5. The van der Waals surface area contributed by atoms with Crippen molar-refractivity contribution in [2.45, 2.75) is 62.9 Å². The van der Waals surface area contributed by atoms with Crippen LogP contribution in [0, 0.1) is 10.1 Å². The first-order chi connectivity index (χ1) is 27.4. The van der Waals surface area contributed by atoms with Crippen LogP contribution in [0.3, 0.4) is 0 Å². The van der Waals surface area contributed by atoms with Gasteiger partial charge in [-0.3, -0.25) is 29.3 Å². The fraction of sp³-hybridized carbons (Fsp3) is 0.282. The molecule has 1 N–H and O–H groups in total. The molecule has 0 atom stereocenters. The van der Waals surface area contributed by atoms with Crippen molar-refractivity contribution in [3.63, 3.8) is 0 Å². The molecule has 0 bridgehead atoms. The standard InChI is InChI=1S/C39H38N4O13S2/c1-24(44)54-36-34(21-35(37(55-25(2)45)38(36)56-26(3)46)58(52,53)42-19-16-28-6-4-5-7-30(28)23-42)39(47)41-18-15-29-10-13-33(20-31(29)22-41)57(50,51)40-17-14-27-8-11-32(12-9-27)43(48)49/h4-13,20-21,40H,14-19,22-23H2,1-3H3. The molecule has 4 aromatic carbocycles. The first kappa shape index (κ1) is 41.6. The number of nitro benzene ring substituents is 1. The quantitative estimate of drug-likeness (QED) is 0.0928. The number of ether oxygens (including phenoxy) is 3. The smallest absolute Gasteiger partial charge is 0.308 e. The highest BCUT2D eigenvalue weighted by Gasteiger charge is 2.39. The molecule has 19 heteroatoms. The summed E-state index contributed by atoms with van der Waals surface area (Å²) in [4.78, 5) is 62.8. The molecule has 2 aliphatic rings. The van der Waals surface area contributed by atoms with Crippen LogP contribution in [-0.2, 0) is 66.8 Å². The molecule has 0 aliphatic carbocycles. The van der Waals surface area contributed by atoms with E-state index < -0.39 is 76.5 Å². The van der Waals surface area contributed by atoms with Gasteiger partial charge in [0.15, 0.2) is 11.5 Å². The van der Waals surface area contributed by atoms with Crippen molar-refractivity contribution in [3.8, 4) is 17.2 Å². The Morgan fingerprint density at radius 3 is 1.98 bits per heavy atom. The van der Waals surface area contributed by atoms with Gasteiger partial charge >= 0.3 is 17.9 Å². The van der Waals surface area contributed by atoms with Gasteiger partial charge in [0, 0.05) is 65.6 Å². The lowest BCUT2D eigenvalue weighted by atomic mass is 9.99. The summed E-state index contributed by atoms with van der Waals surface area (Å²) in [5.41, 5.74) is 2.96. The first-order valence-corrected chi connectivity index (χ1v) is 20.8. The number of sulfonamides is 2. The number of fused-ring (bicyclic) bond motifs is 2. The van der Waals surface area contributed by atoms with Crippen molar-refractivity contribution >= 4 is 49.5 Å². The summed E-state index contributed by atoms with van der Waals surface area (Å²) in [5, 5.41) is 10.9. The average molecular weight is 835 g/mol. The molecule has 0 aromatic heterocycles. The SMILES string of the molecule is CC(=O)Oc1c(C(=O)N2CCc3ccc(S(=O)(=O)NCCc4ccc([N+](=O)[O-])cc4)cc3C2)cc(S(=O)(=O)N2CCc3ccccc3C2)c(OC(C)=O)c1OC(C)=O. The Morgan fingerprint density at radius 1 is 0.724 bits per heavy atom. The molecule has 0 saturated heterocycles. The highest BCUT2D eigenvalue weighted by Crippen LogP contribution is 2.47. The number of nitro groups is 1. The molecule has 0 radical (unpaired) electrons. The van der Waals surface area contributed by atoms with Crippen LogP contribution in [0.15, 0.2) is 82.6 Å². The average Bonchev–Trinajstić information content (AvgIpc) is 3.17. The molecule has 0 fully saturated rings. The van der Waals surface area contributed by atoms with Crippen LogP contribution < -0.4 is 18.9 Å². The van der Waals surface area contributed by atoms with Gasteiger partial charge < -0.3 is 19.1 Å². The van der Waals surface area contributed by atoms with Crippen LogP contribution in [0.4, 0.5) is 5.69 Å². The first-order valence-electron chi connectivity index (χ1n) is 17.9. The summed E-state index contributed by atoms with van der Waals surface area (Å²) in [7, 11) is -8.68. The number of amides is 1. The molecule has 17 nitrogen and oxygen atoms in total. The monoisotopic (exact) mass is 834 g/mol. The Morgan fingerprint density at radius 2 is 1.33 bits per heavy atom. The van der Waals surface area contributed by atoms with E-state index in [2.05, 4.69) is 4.72 Å². The minimum atomic E-state index is -4.62. The van der Waals surface area contributed by atoms with Gasteiger partial charge in [-0.2, -0.15) is 4.31 Å². The van der Waals surface area contributed by atoms with Gasteiger partial charge in [-0.15, -0.1) is 0 Å². The van der Waals surface area contributed by atoms with E-state index in [0.717, 1.165) is 47.8 Å². The number of benzene rings is 4. The topological polar surface area (TPSA) is 226 Å². The molecule has 1 amide bonds. The van der Waals surface area contributed by atoms with Gasteiger partial charge in [-0.25, -0.2) is 21.6 Å². The second-order valence-electron chi connectivity index (χ2n) is 13.5. The Labute approximate surface area is 333 Å². The van der Waals surface area contributed by atoms with Gasteiger partial charge in [0.1, 0.15) is 4.90 Å². The summed E-state index contributed by atoms with van der Waals surface area (Å²) in [6.45, 7) is 2.85. The molecule has 6 rings (SSSR count). The van der Waals surface area contributed by atoms with Gasteiger partial charge in [-0.05, 0) is 65.3 Å². The fourth-order valence-corrected chi connectivity index (χ4v) is 9.36. The molecule has 0 saturated carbocycles. The number of carbonyl (C=O) groups excluding carboxylic acids is 4. The third-order valence-electron chi connectivity index (χ3n) is 9.48. The van der Waals surface area contributed by atoms with E-state index in [1.54, 1.807) is 18.2 Å². The van der Waals surface area contributed by atoms with Crippen LogP contribution >= 0.6 is 0 Å². The van der Waals surface area contributed by atoms with Crippen LogP contribution in [0.5, 0.6) is 17.2 Å². The number of hydrogen-bond acceptors (Lipinski definition) is 13. The van der Waals surface area contributed by atoms with E-state index in [1.807, 2.05) is 12.1 Å². The number of rotatable bonds is 12. The van der Waals surface area contributed by atoms with E-state index in [4.69, 9.17) is 14.2 Å². The zero-order valence-corrected chi connectivity index (χ0v) is 33.2. The van der Waals surface area contributed by atoms with Crippen molar-refractivity contribution in [2.24, 2.45) is 0 Å². The Balaban J connectivity index is 1.35. The van der Waals surface area contributed by atoms with Gasteiger partial charge in [0.25, 0.3) is 11.6 Å². The van der Waals surface area contributed by atoms with Gasteiger partial charge in [-0.1, -0.05) is 42.5 Å². The Hall–Kier alpha value is -6.02. The minimum absolute atomic E-state index is 0.00997. The molecule has 58 heavy (non-hydrogen) atoms. The number of nitrogens with one attached hydrogen (secondary N) is 1. The number of non-ortho nitro benzene ring substituents is 1. The van der Waals surface area contributed by atoms with Crippen LogP contribution in [-0.4, -0.2) is 74.4 Å². The van der Waals surface area contributed by atoms with Gasteiger partial charge in [0.2, 0.25) is 25.8 Å². The third-order valence-corrected chi connectivity index (χ3v) is 12.8. The Bertz CT molecular complexity index is 2560. The third kappa shape index (κ3) is 9.07. The second-order valence-corrected chi connectivity index (χ2v) is 17.2. The normalized spacial score (nSPS) is 14.2. The molecule has 4 aromatic rings. The second kappa shape index (κ2) is 16.8. The zero-order chi connectivity index (χ0) is 41.9. The molecular formula is C39H38N4O13S2. The summed E-state index contributed by atoms with van der Waals surface area (Å²) in [6.07, 6.45) is 0.870. The summed E-state index contributed by atoms with van der Waals surface area (Å²) >= 11 is 0. The molecule has 2 aliphatic heterocycles. The van der Waals surface area contributed by atoms with Crippen molar-refractivity contribution in [1.82, 2.24) is 13.9 Å². The molecule has 2 heterocycles. The van der Waals surface area contributed by atoms with E-state index in [0.29, 0.717) is 17.5 Å². The highest BCUT2D eigenvalue weighted by atomic mass is 32.2. The van der Waals surface area contributed by atoms with Crippen molar-refractivity contribution in [1.29, 1.82) is 0 Å². The van der Waals surface area contributed by atoms with E-state index in [9.17, 15) is 46.1 Å². The zero-order valence-electron chi connectivity index (χ0n) is 31.6. The van der Waals surface area contributed by atoms with Crippen molar-refractivity contribution in [3.05, 3.63) is 116 Å². The fourth-order valence-electron chi connectivity index (χ4n) is 6.73. The maximum atomic E-state index is 14.5. The van der Waals surface area contributed by atoms with Crippen LogP contribution in [0.25, 0.3) is 0 Å². The number of esters is 3. The lowest BCUT2D eigenvalue weighted by Gasteiger charge is -2.31. The number of nitrogens with zero attached hydrogens (tertiary/aromatic N) is 3. The van der Waals surface area contributed by atoms with Crippen LogP contribution in [0.1, 0.15) is 58.9 Å². The minimum Gasteiger partial charge on any atom is -0.422 e. The predicted octanol–water partition coefficient (Wildman–Crippen LogP) is 3.84. The summed E-state index contributed by atoms with van der Waals surface area (Å²) in [6, 6.07) is 18.4.